The first-order valence-electron chi connectivity index (χ1n) is 14.0. The molecule has 0 spiro atoms. The molecule has 5 aromatic rings. The van der Waals surface area contributed by atoms with Crippen molar-refractivity contribution in [3.8, 4) is 17.2 Å². The number of aromatic nitrogens is 4. The summed E-state index contributed by atoms with van der Waals surface area (Å²) < 4.78 is 52.8. The monoisotopic (exact) mass is 683 g/mol. The number of fused-ring (bicyclic) bond motifs is 4. The van der Waals surface area contributed by atoms with Gasteiger partial charge in [-0.15, -0.1) is 11.3 Å². The fourth-order valence-corrected chi connectivity index (χ4v) is 7.36. The summed E-state index contributed by atoms with van der Waals surface area (Å²) in [6.07, 6.45) is 2.52. The molecule has 0 fully saturated rings. The molecule has 1 aliphatic heterocycles. The van der Waals surface area contributed by atoms with E-state index in [1.807, 2.05) is 0 Å². The topological polar surface area (TPSA) is 172 Å². The molecular formula is C30H27ClFN7O5S2. The van der Waals surface area contributed by atoms with Crippen LogP contribution in [0.2, 0.25) is 5.02 Å². The Bertz CT molecular complexity index is 2190. The van der Waals surface area contributed by atoms with Crippen molar-refractivity contribution in [2.75, 3.05) is 16.4 Å². The molecule has 1 amide bonds. The molecule has 12 nitrogen and oxygen atoms in total. The minimum Gasteiger partial charge on any atom is -0.444 e. The van der Waals surface area contributed by atoms with Gasteiger partial charge in [-0.3, -0.25) is 10.4 Å². The van der Waals surface area contributed by atoms with Crippen LogP contribution in [-0.4, -0.2) is 46.0 Å². The van der Waals surface area contributed by atoms with Crippen LogP contribution in [0.1, 0.15) is 49.9 Å². The first-order valence-corrected chi connectivity index (χ1v) is 16.9. The quantitative estimate of drug-likeness (QED) is 0.157. The number of benzene rings is 2. The predicted octanol–water partition coefficient (Wildman–Crippen LogP) is 6.68. The SMILES string of the molecule is CCS(=O)(=O)c1nc(NCc2cn[nH]c2)c2c3c(c(-c4ccc(F)c5sc(NC(=O)OC(C)(C)C)c(C#N)c45)c(Cl)c2n1)COC3. The molecule has 0 saturated heterocycles. The van der Waals surface area contributed by atoms with Crippen molar-refractivity contribution in [1.29, 1.82) is 5.26 Å². The van der Waals surface area contributed by atoms with E-state index in [9.17, 15) is 18.5 Å². The zero-order valence-corrected chi connectivity index (χ0v) is 27.4. The van der Waals surface area contributed by atoms with E-state index in [4.69, 9.17) is 21.1 Å². The highest BCUT2D eigenvalue weighted by Crippen LogP contribution is 2.49. The lowest BCUT2D eigenvalue weighted by Gasteiger charge is -2.19. The standard InChI is InChI=1S/C30H27ClFN7O5S2/c1-5-46(41,42)28-37-24-22(26(38-28)34-9-14-10-35-36-11-14)18-13-43-12-17(18)20(23(24)31)15-6-7-19(32)25-21(15)16(8-33)27(45-25)39-29(40)44-30(2,3)4/h6-7,10-11H,5,9,12-13H2,1-4H3,(H,35,36)(H,39,40)(H,34,37,38). The Hall–Kier alpha value is -4.36. The molecule has 3 N–H and O–H groups in total. The molecule has 0 unspecified atom stereocenters. The minimum atomic E-state index is -3.88. The maximum atomic E-state index is 15.3. The molecular weight excluding hydrogens is 657 g/mol. The lowest BCUT2D eigenvalue weighted by atomic mass is 9.91. The fraction of sp³-hybridized carbons (Fsp3) is 0.300. The van der Waals surface area contributed by atoms with E-state index in [0.717, 1.165) is 16.9 Å². The summed E-state index contributed by atoms with van der Waals surface area (Å²) >= 11 is 8.04. The molecule has 0 bridgehead atoms. The molecule has 0 radical (unpaired) electrons. The van der Waals surface area contributed by atoms with Gasteiger partial charge in [0.25, 0.3) is 0 Å². The molecule has 1 aliphatic rings. The highest BCUT2D eigenvalue weighted by atomic mass is 35.5. The maximum Gasteiger partial charge on any atom is 0.412 e. The van der Waals surface area contributed by atoms with Gasteiger partial charge in [-0.2, -0.15) is 10.4 Å². The average Bonchev–Trinajstić information content (AvgIpc) is 3.76. The number of ether oxygens (including phenoxy) is 2. The number of nitrogens with zero attached hydrogens (tertiary/aromatic N) is 4. The fourth-order valence-electron chi connectivity index (χ4n) is 5.22. The maximum absolute atomic E-state index is 15.3. The Morgan fingerprint density at radius 2 is 2.00 bits per heavy atom. The summed E-state index contributed by atoms with van der Waals surface area (Å²) in [5, 5.41) is 23.2. The number of thiophene rings is 1. The van der Waals surface area contributed by atoms with E-state index < -0.39 is 32.5 Å². The van der Waals surface area contributed by atoms with Gasteiger partial charge in [-0.25, -0.2) is 27.6 Å². The number of amides is 1. The third-order valence-electron chi connectivity index (χ3n) is 7.24. The molecule has 4 heterocycles. The second kappa shape index (κ2) is 11.8. The van der Waals surface area contributed by atoms with E-state index in [-0.39, 0.29) is 62.5 Å². The van der Waals surface area contributed by atoms with Gasteiger partial charge in [0, 0.05) is 29.3 Å². The summed E-state index contributed by atoms with van der Waals surface area (Å²) in [6, 6.07) is 4.85. The van der Waals surface area contributed by atoms with Crippen LogP contribution in [0.4, 0.5) is 20.0 Å². The molecule has 0 aliphatic carbocycles. The highest BCUT2D eigenvalue weighted by molar-refractivity contribution is 7.91. The lowest BCUT2D eigenvalue weighted by Crippen LogP contribution is -2.27. The highest BCUT2D eigenvalue weighted by Gasteiger charge is 2.31. The van der Waals surface area contributed by atoms with Gasteiger partial charge in [-0.05, 0) is 43.5 Å². The van der Waals surface area contributed by atoms with Crippen molar-refractivity contribution in [1.82, 2.24) is 20.2 Å². The average molecular weight is 684 g/mol. The van der Waals surface area contributed by atoms with Gasteiger partial charge in [0.1, 0.15) is 28.3 Å². The van der Waals surface area contributed by atoms with Gasteiger partial charge in [0.05, 0.1) is 51.4 Å². The third-order valence-corrected chi connectivity index (χ3v) is 10.2. The van der Waals surface area contributed by atoms with E-state index in [1.54, 1.807) is 33.2 Å². The number of nitrogens with one attached hydrogen (secondary N) is 3. The van der Waals surface area contributed by atoms with Crippen LogP contribution in [0.25, 0.3) is 32.1 Å². The van der Waals surface area contributed by atoms with Crippen LogP contribution in [0.3, 0.4) is 0 Å². The predicted molar refractivity (Wildman–Crippen MR) is 172 cm³/mol. The minimum absolute atomic E-state index is 0.0172. The first kappa shape index (κ1) is 31.6. The third kappa shape index (κ3) is 5.62. The lowest BCUT2D eigenvalue weighted by molar-refractivity contribution is 0.0636. The van der Waals surface area contributed by atoms with Gasteiger partial charge in [0.15, 0.2) is 0 Å². The van der Waals surface area contributed by atoms with Crippen LogP contribution in [0.15, 0.2) is 29.7 Å². The molecule has 0 saturated carbocycles. The number of hydrogen-bond acceptors (Lipinski definition) is 11. The van der Waals surface area contributed by atoms with Gasteiger partial charge in [-0.1, -0.05) is 24.6 Å². The summed E-state index contributed by atoms with van der Waals surface area (Å²) in [6.45, 7) is 7.13. The van der Waals surface area contributed by atoms with Crippen molar-refractivity contribution < 1.29 is 27.1 Å². The molecule has 0 atom stereocenters. The number of nitriles is 1. The van der Waals surface area contributed by atoms with Gasteiger partial charge < -0.3 is 14.8 Å². The summed E-state index contributed by atoms with van der Waals surface area (Å²) in [5.74, 6) is -0.605. The number of rotatable bonds is 7. The zero-order chi connectivity index (χ0) is 33.0. The number of carbonyl (C=O) groups is 1. The van der Waals surface area contributed by atoms with Crippen LogP contribution >= 0.6 is 22.9 Å². The first-order chi connectivity index (χ1) is 21.8. The second-order valence-corrected chi connectivity index (χ2v) is 15.0. The van der Waals surface area contributed by atoms with Crippen molar-refractivity contribution >= 4 is 70.7 Å². The van der Waals surface area contributed by atoms with E-state index in [0.29, 0.717) is 27.6 Å². The number of sulfone groups is 1. The normalized spacial score (nSPS) is 13.2. The molecule has 2 aromatic carbocycles. The Morgan fingerprint density at radius 1 is 1.24 bits per heavy atom. The van der Waals surface area contributed by atoms with Crippen molar-refractivity contribution in [2.45, 2.75) is 58.2 Å². The molecule has 6 rings (SSSR count). The Labute approximate surface area is 271 Å². The van der Waals surface area contributed by atoms with Gasteiger partial charge in [0.2, 0.25) is 15.0 Å². The Kier molecular flexibility index (Phi) is 8.09. The number of aromatic amines is 1. The van der Waals surface area contributed by atoms with Crippen molar-refractivity contribution in [2.24, 2.45) is 0 Å². The van der Waals surface area contributed by atoms with Crippen molar-refractivity contribution in [3.63, 3.8) is 0 Å². The summed E-state index contributed by atoms with van der Waals surface area (Å²) in [5.41, 5.74) is 2.28. The molecule has 46 heavy (non-hydrogen) atoms. The van der Waals surface area contributed by atoms with E-state index in [2.05, 4.69) is 36.9 Å². The Balaban J connectivity index is 1.62. The van der Waals surface area contributed by atoms with Gasteiger partial charge >= 0.3 is 6.09 Å². The summed E-state index contributed by atoms with van der Waals surface area (Å²) in [4.78, 5) is 21.5. The number of hydrogen-bond donors (Lipinski definition) is 3. The molecule has 3 aromatic heterocycles. The molecule has 238 valence electrons. The van der Waals surface area contributed by atoms with Crippen LogP contribution in [0, 0.1) is 17.1 Å². The number of anilines is 2. The zero-order valence-electron chi connectivity index (χ0n) is 25.0. The number of H-pyrrole nitrogens is 1. The Morgan fingerprint density at radius 3 is 2.67 bits per heavy atom. The largest absolute Gasteiger partial charge is 0.444 e. The van der Waals surface area contributed by atoms with Crippen LogP contribution in [-0.2, 0) is 39.1 Å². The number of carbonyl (C=O) groups excluding carboxylic acids is 1. The van der Waals surface area contributed by atoms with Crippen LogP contribution in [0.5, 0.6) is 0 Å². The summed E-state index contributed by atoms with van der Waals surface area (Å²) in [7, 11) is -3.88. The second-order valence-electron chi connectivity index (χ2n) is 11.4. The van der Waals surface area contributed by atoms with E-state index in [1.165, 1.54) is 19.1 Å². The smallest absolute Gasteiger partial charge is 0.412 e. The van der Waals surface area contributed by atoms with Crippen molar-refractivity contribution in [3.05, 3.63) is 57.6 Å². The number of halogens is 2. The van der Waals surface area contributed by atoms with E-state index >= 15 is 4.39 Å². The van der Waals surface area contributed by atoms with Crippen LogP contribution < -0.4 is 10.6 Å². The molecule has 16 heteroatoms.